The largest absolute Gasteiger partial charge is 0.480 e. The first kappa shape index (κ1) is 13.6. The Hall–Kier alpha value is -1.78. The number of aliphatic carboxylic acids is 1. The molecule has 1 atom stereocenters. The van der Waals surface area contributed by atoms with E-state index in [4.69, 9.17) is 0 Å². The standard InChI is InChI=1S/C14H20N2O3/c1-14(2)7-5-9-16(11(14)13(18)19)12(17)10-6-4-8-15(10)3/h4,6,8,11H,5,7,9H2,1-3H3,(H,18,19). The lowest BCUT2D eigenvalue weighted by molar-refractivity contribution is -0.148. The molecule has 0 radical (unpaired) electrons. The molecule has 5 heteroatoms. The first-order valence-corrected chi connectivity index (χ1v) is 6.50. The predicted octanol–water partition coefficient (Wildman–Crippen LogP) is 1.74. The van der Waals surface area contributed by atoms with E-state index in [-0.39, 0.29) is 5.91 Å². The van der Waals surface area contributed by atoms with Crippen LogP contribution in [0.3, 0.4) is 0 Å². The average molecular weight is 264 g/mol. The van der Waals surface area contributed by atoms with E-state index in [0.29, 0.717) is 12.2 Å². The van der Waals surface area contributed by atoms with Gasteiger partial charge in [0.25, 0.3) is 5.91 Å². The molecule has 0 aliphatic carbocycles. The Morgan fingerprint density at radius 2 is 2.11 bits per heavy atom. The summed E-state index contributed by atoms with van der Waals surface area (Å²) < 4.78 is 1.73. The summed E-state index contributed by atoms with van der Waals surface area (Å²) in [5.74, 6) is -1.13. The Balaban J connectivity index is 2.34. The van der Waals surface area contributed by atoms with Crippen LogP contribution in [-0.4, -0.2) is 39.0 Å². The number of aryl methyl sites for hydroxylation is 1. The summed E-state index contributed by atoms with van der Waals surface area (Å²) in [4.78, 5) is 25.6. The molecule has 2 heterocycles. The van der Waals surface area contributed by atoms with E-state index in [1.54, 1.807) is 29.9 Å². The van der Waals surface area contributed by atoms with E-state index in [0.717, 1.165) is 12.8 Å². The van der Waals surface area contributed by atoms with Crippen LogP contribution in [-0.2, 0) is 11.8 Å². The number of hydrogen-bond donors (Lipinski definition) is 1. The van der Waals surface area contributed by atoms with Crippen LogP contribution in [0.25, 0.3) is 0 Å². The summed E-state index contributed by atoms with van der Waals surface area (Å²) in [6.45, 7) is 4.33. The molecule has 1 fully saturated rings. The highest BCUT2D eigenvalue weighted by atomic mass is 16.4. The molecule has 0 aromatic carbocycles. The number of hydrogen-bond acceptors (Lipinski definition) is 2. The Bertz CT molecular complexity index is 505. The van der Waals surface area contributed by atoms with Gasteiger partial charge in [-0.25, -0.2) is 4.79 Å². The average Bonchev–Trinajstić information content (AvgIpc) is 2.72. The quantitative estimate of drug-likeness (QED) is 0.885. The fraction of sp³-hybridized carbons (Fsp3) is 0.571. The number of amides is 1. The van der Waals surface area contributed by atoms with Crippen molar-refractivity contribution >= 4 is 11.9 Å². The lowest BCUT2D eigenvalue weighted by Gasteiger charge is -2.43. The van der Waals surface area contributed by atoms with Gasteiger partial charge in [0.1, 0.15) is 11.7 Å². The second kappa shape index (κ2) is 4.72. The molecule has 104 valence electrons. The van der Waals surface area contributed by atoms with Crippen molar-refractivity contribution in [1.82, 2.24) is 9.47 Å². The zero-order chi connectivity index (χ0) is 14.2. The van der Waals surface area contributed by atoms with Crippen LogP contribution in [0.2, 0.25) is 0 Å². The minimum atomic E-state index is -0.924. The number of rotatable bonds is 2. The molecule has 1 saturated heterocycles. The SMILES string of the molecule is Cn1cccc1C(=O)N1CCCC(C)(C)C1C(=O)O. The first-order valence-electron chi connectivity index (χ1n) is 6.50. The molecule has 1 amide bonds. The van der Waals surface area contributed by atoms with Crippen molar-refractivity contribution in [2.75, 3.05) is 6.54 Å². The van der Waals surface area contributed by atoms with Crippen LogP contribution in [0.5, 0.6) is 0 Å². The summed E-state index contributed by atoms with van der Waals surface area (Å²) in [6.07, 6.45) is 3.45. The zero-order valence-corrected chi connectivity index (χ0v) is 11.6. The van der Waals surface area contributed by atoms with Crippen LogP contribution < -0.4 is 0 Å². The highest BCUT2D eigenvalue weighted by molar-refractivity contribution is 5.95. The van der Waals surface area contributed by atoms with Gasteiger partial charge in [-0.2, -0.15) is 0 Å². The van der Waals surface area contributed by atoms with Gasteiger partial charge in [0.05, 0.1) is 0 Å². The minimum Gasteiger partial charge on any atom is -0.480 e. The Labute approximate surface area is 112 Å². The van der Waals surface area contributed by atoms with Gasteiger partial charge >= 0.3 is 5.97 Å². The third-order valence-electron chi connectivity index (χ3n) is 3.93. The number of aromatic nitrogens is 1. The summed E-state index contributed by atoms with van der Waals surface area (Å²) in [5.41, 5.74) is 0.134. The maximum absolute atomic E-state index is 12.5. The number of piperidine rings is 1. The molecular weight excluding hydrogens is 244 g/mol. The molecule has 2 rings (SSSR count). The number of carbonyl (C=O) groups excluding carboxylic acids is 1. The number of likely N-dealkylation sites (tertiary alicyclic amines) is 1. The second-order valence-electron chi connectivity index (χ2n) is 5.84. The van der Waals surface area contributed by atoms with Gasteiger partial charge < -0.3 is 14.6 Å². The molecule has 1 aromatic rings. The van der Waals surface area contributed by atoms with Crippen LogP contribution in [0.4, 0.5) is 0 Å². The Kier molecular flexibility index (Phi) is 3.39. The summed E-state index contributed by atoms with van der Waals surface area (Å²) in [5, 5.41) is 9.46. The first-order chi connectivity index (χ1) is 8.84. The molecule has 1 unspecified atom stereocenters. The van der Waals surface area contributed by atoms with Gasteiger partial charge in [-0.1, -0.05) is 13.8 Å². The lowest BCUT2D eigenvalue weighted by atomic mass is 9.76. The van der Waals surface area contributed by atoms with Gasteiger partial charge in [-0.15, -0.1) is 0 Å². The molecule has 1 N–H and O–H groups in total. The van der Waals surface area contributed by atoms with Crippen molar-refractivity contribution in [3.05, 3.63) is 24.0 Å². The summed E-state index contributed by atoms with van der Waals surface area (Å²) in [7, 11) is 1.79. The van der Waals surface area contributed by atoms with Gasteiger partial charge in [-0.05, 0) is 30.4 Å². The van der Waals surface area contributed by atoms with E-state index < -0.39 is 17.4 Å². The van der Waals surface area contributed by atoms with Crippen molar-refractivity contribution in [2.24, 2.45) is 12.5 Å². The number of carbonyl (C=O) groups is 2. The smallest absolute Gasteiger partial charge is 0.326 e. The van der Waals surface area contributed by atoms with Crippen LogP contribution >= 0.6 is 0 Å². The molecule has 0 saturated carbocycles. The van der Waals surface area contributed by atoms with Crippen molar-refractivity contribution in [3.8, 4) is 0 Å². The highest BCUT2D eigenvalue weighted by Gasteiger charge is 2.44. The zero-order valence-electron chi connectivity index (χ0n) is 11.6. The maximum Gasteiger partial charge on any atom is 0.326 e. The number of nitrogens with zero attached hydrogens (tertiary/aromatic N) is 2. The molecule has 5 nitrogen and oxygen atoms in total. The van der Waals surface area contributed by atoms with Gasteiger partial charge in [-0.3, -0.25) is 4.79 Å². The topological polar surface area (TPSA) is 62.5 Å². The molecule has 0 spiro atoms. The summed E-state index contributed by atoms with van der Waals surface area (Å²) in [6, 6.07) is 2.75. The molecular formula is C14H20N2O3. The van der Waals surface area contributed by atoms with E-state index in [9.17, 15) is 14.7 Å². The Morgan fingerprint density at radius 1 is 1.42 bits per heavy atom. The number of carboxylic acid groups (broad SMARTS) is 1. The van der Waals surface area contributed by atoms with E-state index in [1.807, 2.05) is 13.8 Å². The normalized spacial score (nSPS) is 22.3. The fourth-order valence-electron chi connectivity index (χ4n) is 2.91. The van der Waals surface area contributed by atoms with Gasteiger partial charge in [0.15, 0.2) is 0 Å². The molecule has 1 aliphatic rings. The molecule has 1 aromatic heterocycles. The van der Waals surface area contributed by atoms with E-state index in [2.05, 4.69) is 0 Å². The van der Waals surface area contributed by atoms with Crippen molar-refractivity contribution < 1.29 is 14.7 Å². The van der Waals surface area contributed by atoms with Crippen molar-refractivity contribution in [2.45, 2.75) is 32.7 Å². The third kappa shape index (κ3) is 2.37. The predicted molar refractivity (Wildman–Crippen MR) is 70.9 cm³/mol. The van der Waals surface area contributed by atoms with Crippen LogP contribution in [0.15, 0.2) is 18.3 Å². The van der Waals surface area contributed by atoms with Crippen LogP contribution in [0.1, 0.15) is 37.2 Å². The third-order valence-corrected chi connectivity index (χ3v) is 3.93. The lowest BCUT2D eigenvalue weighted by Crippen LogP contribution is -2.56. The van der Waals surface area contributed by atoms with E-state index in [1.165, 1.54) is 4.90 Å². The van der Waals surface area contributed by atoms with Crippen molar-refractivity contribution in [3.63, 3.8) is 0 Å². The second-order valence-corrected chi connectivity index (χ2v) is 5.84. The molecule has 1 aliphatic heterocycles. The monoisotopic (exact) mass is 264 g/mol. The summed E-state index contributed by atoms with van der Waals surface area (Å²) >= 11 is 0. The van der Waals surface area contributed by atoms with Crippen LogP contribution in [0, 0.1) is 5.41 Å². The fourth-order valence-corrected chi connectivity index (χ4v) is 2.91. The van der Waals surface area contributed by atoms with Gasteiger partial charge in [0, 0.05) is 19.8 Å². The maximum atomic E-state index is 12.5. The Morgan fingerprint density at radius 3 is 2.63 bits per heavy atom. The molecule has 19 heavy (non-hydrogen) atoms. The van der Waals surface area contributed by atoms with E-state index >= 15 is 0 Å². The number of carboxylic acids is 1. The molecule has 0 bridgehead atoms. The minimum absolute atomic E-state index is 0.201. The highest BCUT2D eigenvalue weighted by Crippen LogP contribution is 2.36. The van der Waals surface area contributed by atoms with Crippen molar-refractivity contribution in [1.29, 1.82) is 0 Å². The van der Waals surface area contributed by atoms with Gasteiger partial charge in [0.2, 0.25) is 0 Å².